The molecule has 3 nitrogen and oxygen atoms in total. The van der Waals surface area contributed by atoms with Gasteiger partial charge in [0.25, 0.3) is 0 Å². The normalized spacial score (nSPS) is 15.1. The fourth-order valence-corrected chi connectivity index (χ4v) is 2.27. The Morgan fingerprint density at radius 3 is 3.00 bits per heavy atom. The molecule has 2 heterocycles. The smallest absolute Gasteiger partial charge is 0.185 e. The van der Waals surface area contributed by atoms with Gasteiger partial charge in [-0.25, -0.2) is 0 Å². The van der Waals surface area contributed by atoms with Crippen molar-refractivity contribution in [2.24, 2.45) is 0 Å². The second kappa shape index (κ2) is 2.42. The van der Waals surface area contributed by atoms with Crippen LogP contribution >= 0.6 is 11.3 Å². The lowest BCUT2D eigenvalue weighted by Crippen LogP contribution is -2.15. The van der Waals surface area contributed by atoms with Gasteiger partial charge in [-0.05, 0) is 6.07 Å². The molecule has 12 heavy (non-hydrogen) atoms. The van der Waals surface area contributed by atoms with Crippen LogP contribution < -0.4 is 4.90 Å². The highest BCUT2D eigenvalue weighted by Crippen LogP contribution is 2.34. The second-order valence-electron chi connectivity index (χ2n) is 2.76. The molecular formula is C8H7NO2S. The number of nitrogens with zero attached hydrogens (tertiary/aromatic N) is 1. The summed E-state index contributed by atoms with van der Waals surface area (Å²) in [6.45, 7) is 0.445. The maximum Gasteiger partial charge on any atom is 0.185 e. The molecule has 0 saturated heterocycles. The molecule has 0 bridgehead atoms. The SMILES string of the molecule is CN1CC(=O)c2cc(C=O)sc21. The van der Waals surface area contributed by atoms with E-state index in [1.165, 1.54) is 11.3 Å². The van der Waals surface area contributed by atoms with Gasteiger partial charge in [0, 0.05) is 7.05 Å². The van der Waals surface area contributed by atoms with Crippen molar-refractivity contribution >= 4 is 28.4 Å². The van der Waals surface area contributed by atoms with Crippen LogP contribution in [0.25, 0.3) is 0 Å². The quantitative estimate of drug-likeness (QED) is 0.611. The molecule has 1 aromatic rings. The molecule has 0 aromatic carbocycles. The Kier molecular flexibility index (Phi) is 1.51. The zero-order valence-corrected chi connectivity index (χ0v) is 7.35. The van der Waals surface area contributed by atoms with Gasteiger partial charge in [-0.1, -0.05) is 0 Å². The molecule has 0 atom stereocenters. The third kappa shape index (κ3) is 0.881. The summed E-state index contributed by atoms with van der Waals surface area (Å²) in [4.78, 5) is 24.2. The Morgan fingerprint density at radius 1 is 1.67 bits per heavy atom. The highest BCUT2D eigenvalue weighted by Gasteiger charge is 2.26. The summed E-state index contributed by atoms with van der Waals surface area (Å²) >= 11 is 1.37. The number of anilines is 1. The maximum atomic E-state index is 11.3. The topological polar surface area (TPSA) is 37.4 Å². The molecule has 0 aliphatic carbocycles. The van der Waals surface area contributed by atoms with E-state index in [0.717, 1.165) is 11.3 Å². The number of Topliss-reactive ketones (excluding diaryl/α,β-unsaturated/α-hetero) is 1. The first kappa shape index (κ1) is 7.49. The van der Waals surface area contributed by atoms with Crippen molar-refractivity contribution in [3.63, 3.8) is 0 Å². The minimum atomic E-state index is 0.108. The number of rotatable bonds is 1. The first-order valence-electron chi connectivity index (χ1n) is 3.55. The van der Waals surface area contributed by atoms with Crippen LogP contribution in [0.4, 0.5) is 5.00 Å². The first-order chi connectivity index (χ1) is 5.72. The molecule has 4 heteroatoms. The van der Waals surface area contributed by atoms with Crippen LogP contribution in [0.2, 0.25) is 0 Å². The Hall–Kier alpha value is -1.16. The minimum absolute atomic E-state index is 0.108. The lowest BCUT2D eigenvalue weighted by atomic mass is 10.2. The maximum absolute atomic E-state index is 11.3. The average Bonchev–Trinajstić information content (AvgIpc) is 2.55. The van der Waals surface area contributed by atoms with Crippen LogP contribution in [0.3, 0.4) is 0 Å². The second-order valence-corrected chi connectivity index (χ2v) is 3.83. The van der Waals surface area contributed by atoms with E-state index < -0.39 is 0 Å². The number of ketones is 1. The predicted octanol–water partition coefficient (Wildman–Crippen LogP) is 1.19. The summed E-state index contributed by atoms with van der Waals surface area (Å²) in [5, 5.41) is 0.919. The molecule has 0 unspecified atom stereocenters. The third-order valence-electron chi connectivity index (χ3n) is 1.88. The number of aldehydes is 1. The van der Waals surface area contributed by atoms with E-state index in [9.17, 15) is 9.59 Å². The van der Waals surface area contributed by atoms with Gasteiger partial charge in [-0.2, -0.15) is 0 Å². The van der Waals surface area contributed by atoms with E-state index in [0.29, 0.717) is 17.0 Å². The van der Waals surface area contributed by atoms with Crippen molar-refractivity contribution in [2.75, 3.05) is 18.5 Å². The van der Waals surface area contributed by atoms with Crippen molar-refractivity contribution in [3.05, 3.63) is 16.5 Å². The molecule has 0 radical (unpaired) electrons. The van der Waals surface area contributed by atoms with Crippen LogP contribution in [-0.2, 0) is 0 Å². The average molecular weight is 181 g/mol. The van der Waals surface area contributed by atoms with E-state index in [4.69, 9.17) is 0 Å². The van der Waals surface area contributed by atoms with Crippen LogP contribution in [0.5, 0.6) is 0 Å². The lowest BCUT2D eigenvalue weighted by molar-refractivity contribution is 0.101. The molecule has 0 fully saturated rings. The van der Waals surface area contributed by atoms with Crippen molar-refractivity contribution in [3.8, 4) is 0 Å². The number of hydrogen-bond acceptors (Lipinski definition) is 4. The van der Waals surface area contributed by atoms with Gasteiger partial charge in [-0.15, -0.1) is 11.3 Å². The van der Waals surface area contributed by atoms with Crippen LogP contribution in [0.1, 0.15) is 20.0 Å². The number of likely N-dealkylation sites (N-methyl/N-ethyl adjacent to an activating group) is 1. The van der Waals surface area contributed by atoms with Crippen molar-refractivity contribution in [1.29, 1.82) is 0 Å². The number of hydrogen-bond donors (Lipinski definition) is 0. The highest BCUT2D eigenvalue weighted by molar-refractivity contribution is 7.18. The molecule has 62 valence electrons. The predicted molar refractivity (Wildman–Crippen MR) is 47.3 cm³/mol. The zero-order chi connectivity index (χ0) is 8.72. The van der Waals surface area contributed by atoms with Gasteiger partial charge in [0.05, 0.1) is 17.0 Å². The Balaban J connectivity index is 2.55. The summed E-state index contributed by atoms with van der Waals surface area (Å²) in [5.41, 5.74) is 0.699. The Labute approximate surface area is 73.6 Å². The van der Waals surface area contributed by atoms with Crippen LogP contribution in [0.15, 0.2) is 6.07 Å². The summed E-state index contributed by atoms with van der Waals surface area (Å²) in [5.74, 6) is 0.108. The Morgan fingerprint density at radius 2 is 2.42 bits per heavy atom. The zero-order valence-electron chi connectivity index (χ0n) is 6.53. The molecule has 1 aromatic heterocycles. The summed E-state index contributed by atoms with van der Waals surface area (Å²) in [6, 6.07) is 1.67. The Bertz CT molecular complexity index is 356. The molecule has 0 spiro atoms. The summed E-state index contributed by atoms with van der Waals surface area (Å²) < 4.78 is 0. The molecule has 0 amide bonds. The van der Waals surface area contributed by atoms with Gasteiger partial charge in [0.2, 0.25) is 0 Å². The van der Waals surface area contributed by atoms with Gasteiger partial charge < -0.3 is 4.90 Å². The summed E-state index contributed by atoms with van der Waals surface area (Å²) in [6.07, 6.45) is 0.782. The van der Waals surface area contributed by atoms with E-state index in [-0.39, 0.29) is 5.78 Å². The van der Waals surface area contributed by atoms with E-state index in [2.05, 4.69) is 0 Å². The molecule has 2 rings (SSSR count). The lowest BCUT2D eigenvalue weighted by Gasteiger charge is -2.06. The van der Waals surface area contributed by atoms with Gasteiger partial charge >= 0.3 is 0 Å². The third-order valence-corrected chi connectivity index (χ3v) is 3.05. The molecule has 1 aliphatic rings. The fourth-order valence-electron chi connectivity index (χ4n) is 1.31. The largest absolute Gasteiger partial charge is 0.358 e. The highest BCUT2D eigenvalue weighted by atomic mass is 32.1. The van der Waals surface area contributed by atoms with E-state index in [1.807, 2.05) is 11.9 Å². The molecule has 0 saturated carbocycles. The molecule has 1 aliphatic heterocycles. The van der Waals surface area contributed by atoms with Gasteiger partial charge in [-0.3, -0.25) is 9.59 Å². The van der Waals surface area contributed by atoms with Crippen molar-refractivity contribution < 1.29 is 9.59 Å². The monoisotopic (exact) mass is 181 g/mol. The number of thiophene rings is 1. The first-order valence-corrected chi connectivity index (χ1v) is 4.37. The van der Waals surface area contributed by atoms with Crippen LogP contribution in [0, 0.1) is 0 Å². The van der Waals surface area contributed by atoms with Gasteiger partial charge in [0.1, 0.15) is 5.00 Å². The standard InChI is InChI=1S/C8H7NO2S/c1-9-3-7(11)6-2-5(4-10)12-8(6)9/h2,4H,3H2,1H3. The van der Waals surface area contributed by atoms with Crippen molar-refractivity contribution in [1.82, 2.24) is 0 Å². The van der Waals surface area contributed by atoms with Crippen LogP contribution in [-0.4, -0.2) is 25.7 Å². The number of carbonyl (C=O) groups is 2. The summed E-state index contributed by atoms with van der Waals surface area (Å²) in [7, 11) is 1.86. The van der Waals surface area contributed by atoms with Crippen molar-refractivity contribution in [2.45, 2.75) is 0 Å². The molecule has 0 N–H and O–H groups in total. The van der Waals surface area contributed by atoms with E-state index >= 15 is 0 Å². The van der Waals surface area contributed by atoms with E-state index in [1.54, 1.807) is 6.07 Å². The molecular weight excluding hydrogens is 174 g/mol. The van der Waals surface area contributed by atoms with Gasteiger partial charge in [0.15, 0.2) is 12.1 Å². The number of fused-ring (bicyclic) bond motifs is 1. The minimum Gasteiger partial charge on any atom is -0.358 e. The fraction of sp³-hybridized carbons (Fsp3) is 0.250. The number of carbonyl (C=O) groups excluding carboxylic acids is 2.